The molecule has 166 valence electrons. The molecule has 8 heteroatoms. The van der Waals surface area contributed by atoms with Crippen LogP contribution < -0.4 is 19.5 Å². The third kappa shape index (κ3) is 4.15. The number of carbonyl (C=O) groups is 1. The first-order valence-corrected chi connectivity index (χ1v) is 10.2. The van der Waals surface area contributed by atoms with Gasteiger partial charge in [-0.1, -0.05) is 13.8 Å². The first kappa shape index (κ1) is 22.4. The Balaban J connectivity index is 2.01. The van der Waals surface area contributed by atoms with Gasteiger partial charge in [0.1, 0.15) is 0 Å². The van der Waals surface area contributed by atoms with Crippen molar-refractivity contribution in [1.82, 2.24) is 20.1 Å². The van der Waals surface area contributed by atoms with Gasteiger partial charge in [-0.25, -0.2) is 4.98 Å². The van der Waals surface area contributed by atoms with Crippen LogP contribution in [0.4, 0.5) is 0 Å². The number of hydrogen-bond donors (Lipinski definition) is 1. The molecule has 0 aliphatic rings. The van der Waals surface area contributed by atoms with Crippen LogP contribution in [0.5, 0.6) is 17.2 Å². The third-order valence-corrected chi connectivity index (χ3v) is 5.36. The third-order valence-electron chi connectivity index (χ3n) is 5.36. The molecule has 0 fully saturated rings. The molecule has 2 heterocycles. The number of methoxy groups -OCH3 is 3. The molecule has 3 rings (SSSR count). The molecule has 1 amide bonds. The number of benzene rings is 1. The highest BCUT2D eigenvalue weighted by atomic mass is 16.5. The number of amides is 1. The van der Waals surface area contributed by atoms with Crippen molar-refractivity contribution < 1.29 is 19.0 Å². The largest absolute Gasteiger partial charge is 0.493 e. The van der Waals surface area contributed by atoms with Crippen LogP contribution in [0.25, 0.3) is 11.0 Å². The second kappa shape index (κ2) is 8.83. The van der Waals surface area contributed by atoms with Crippen molar-refractivity contribution >= 4 is 16.9 Å². The van der Waals surface area contributed by atoms with Gasteiger partial charge in [0.25, 0.3) is 5.91 Å². The molecule has 8 nitrogen and oxygen atoms in total. The smallest absolute Gasteiger partial charge is 0.252 e. The Bertz CT molecular complexity index is 1100. The predicted molar refractivity (Wildman–Crippen MR) is 119 cm³/mol. The summed E-state index contributed by atoms with van der Waals surface area (Å²) in [6.07, 6.45) is 0. The SMILES string of the molecule is COc1cc([C@@H](C)NC(=O)c2cc(C(C)C)nc3c2c(C)nn3C)cc(OC)c1OC. The molecule has 0 saturated heterocycles. The van der Waals surface area contributed by atoms with E-state index in [0.29, 0.717) is 28.5 Å². The van der Waals surface area contributed by atoms with Gasteiger partial charge in [-0.15, -0.1) is 0 Å². The molecular weight excluding hydrogens is 396 g/mol. The number of carbonyl (C=O) groups excluding carboxylic acids is 1. The van der Waals surface area contributed by atoms with E-state index < -0.39 is 0 Å². The van der Waals surface area contributed by atoms with Crippen LogP contribution in [-0.2, 0) is 7.05 Å². The van der Waals surface area contributed by atoms with Crippen LogP contribution in [0.3, 0.4) is 0 Å². The quantitative estimate of drug-likeness (QED) is 0.616. The summed E-state index contributed by atoms with van der Waals surface area (Å²) >= 11 is 0. The van der Waals surface area contributed by atoms with E-state index in [9.17, 15) is 4.79 Å². The van der Waals surface area contributed by atoms with Gasteiger partial charge in [-0.05, 0) is 43.5 Å². The van der Waals surface area contributed by atoms with E-state index in [1.165, 1.54) is 0 Å². The van der Waals surface area contributed by atoms with Crippen LogP contribution in [0.1, 0.15) is 60.0 Å². The van der Waals surface area contributed by atoms with Gasteiger partial charge in [-0.3, -0.25) is 9.48 Å². The van der Waals surface area contributed by atoms with E-state index in [1.807, 2.05) is 39.1 Å². The average molecular weight is 427 g/mol. The Morgan fingerprint density at radius 3 is 2.16 bits per heavy atom. The Morgan fingerprint density at radius 1 is 1.03 bits per heavy atom. The van der Waals surface area contributed by atoms with E-state index in [4.69, 9.17) is 19.2 Å². The fraction of sp³-hybridized carbons (Fsp3) is 0.435. The number of aromatic nitrogens is 3. The van der Waals surface area contributed by atoms with Gasteiger partial charge in [0.15, 0.2) is 17.1 Å². The van der Waals surface area contributed by atoms with Crippen molar-refractivity contribution in [2.45, 2.75) is 39.7 Å². The molecule has 3 aromatic rings. The summed E-state index contributed by atoms with van der Waals surface area (Å²) in [4.78, 5) is 18.1. The van der Waals surface area contributed by atoms with E-state index in [2.05, 4.69) is 24.3 Å². The molecule has 0 bridgehead atoms. The topological polar surface area (TPSA) is 87.5 Å². The molecule has 0 spiro atoms. The van der Waals surface area contributed by atoms with Crippen molar-refractivity contribution in [3.05, 3.63) is 40.7 Å². The fourth-order valence-corrected chi connectivity index (χ4v) is 3.65. The lowest BCUT2D eigenvalue weighted by atomic mass is 10.0. The zero-order valence-corrected chi connectivity index (χ0v) is 19.4. The number of nitrogens with one attached hydrogen (secondary N) is 1. The molecule has 2 aromatic heterocycles. The summed E-state index contributed by atoms with van der Waals surface area (Å²) in [7, 11) is 6.53. The van der Waals surface area contributed by atoms with Crippen LogP contribution >= 0.6 is 0 Å². The highest BCUT2D eigenvalue weighted by molar-refractivity contribution is 6.06. The molecule has 0 saturated carbocycles. The van der Waals surface area contributed by atoms with E-state index >= 15 is 0 Å². The molecule has 1 atom stereocenters. The summed E-state index contributed by atoms with van der Waals surface area (Å²) in [5.41, 5.74) is 3.72. The second-order valence-electron chi connectivity index (χ2n) is 7.81. The maximum atomic E-state index is 13.3. The maximum Gasteiger partial charge on any atom is 0.252 e. The normalized spacial score (nSPS) is 12.2. The number of hydrogen-bond acceptors (Lipinski definition) is 6. The summed E-state index contributed by atoms with van der Waals surface area (Å²) in [5.74, 6) is 1.57. The molecule has 0 aliphatic heterocycles. The standard InChI is InChI=1S/C23H30N4O4/c1-12(2)17-11-16(20-14(4)26-27(5)22(20)25-17)23(28)24-13(3)15-9-18(29-6)21(31-8)19(10-15)30-7/h9-13H,1-8H3,(H,24,28)/t13-/m1/s1. The summed E-state index contributed by atoms with van der Waals surface area (Å²) < 4.78 is 18.0. The van der Waals surface area contributed by atoms with Crippen molar-refractivity contribution in [3.8, 4) is 17.2 Å². The summed E-state index contributed by atoms with van der Waals surface area (Å²) in [6.45, 7) is 7.91. The van der Waals surface area contributed by atoms with Crippen molar-refractivity contribution in [1.29, 1.82) is 0 Å². The first-order chi connectivity index (χ1) is 14.7. The van der Waals surface area contributed by atoms with Gasteiger partial charge in [0.2, 0.25) is 5.75 Å². The number of ether oxygens (including phenoxy) is 3. The van der Waals surface area contributed by atoms with Crippen molar-refractivity contribution in [2.24, 2.45) is 7.05 Å². The van der Waals surface area contributed by atoms with E-state index in [-0.39, 0.29) is 17.9 Å². The Morgan fingerprint density at radius 2 is 1.65 bits per heavy atom. The Hall–Kier alpha value is -3.29. The van der Waals surface area contributed by atoms with Gasteiger partial charge in [0, 0.05) is 12.7 Å². The Labute approximate surface area is 182 Å². The molecule has 1 aromatic carbocycles. The van der Waals surface area contributed by atoms with E-state index in [1.54, 1.807) is 26.0 Å². The first-order valence-electron chi connectivity index (χ1n) is 10.2. The van der Waals surface area contributed by atoms with Crippen LogP contribution in [0.2, 0.25) is 0 Å². The van der Waals surface area contributed by atoms with Gasteiger partial charge >= 0.3 is 0 Å². The number of aryl methyl sites for hydroxylation is 2. The molecule has 1 N–H and O–H groups in total. The number of fused-ring (bicyclic) bond motifs is 1. The molecule has 0 radical (unpaired) electrons. The maximum absolute atomic E-state index is 13.3. The minimum Gasteiger partial charge on any atom is -0.493 e. The van der Waals surface area contributed by atoms with Crippen LogP contribution in [0, 0.1) is 6.92 Å². The monoisotopic (exact) mass is 426 g/mol. The molecule has 0 unspecified atom stereocenters. The minimum absolute atomic E-state index is 0.179. The van der Waals surface area contributed by atoms with Gasteiger partial charge in [-0.2, -0.15) is 5.10 Å². The summed E-state index contributed by atoms with van der Waals surface area (Å²) in [6, 6.07) is 5.23. The molecular formula is C23H30N4O4. The highest BCUT2D eigenvalue weighted by Crippen LogP contribution is 2.39. The summed E-state index contributed by atoms with van der Waals surface area (Å²) in [5, 5.41) is 8.32. The Kier molecular flexibility index (Phi) is 6.38. The molecule has 31 heavy (non-hydrogen) atoms. The lowest BCUT2D eigenvalue weighted by Crippen LogP contribution is -2.27. The van der Waals surface area contributed by atoms with Gasteiger partial charge < -0.3 is 19.5 Å². The van der Waals surface area contributed by atoms with Gasteiger partial charge in [0.05, 0.1) is 44.0 Å². The number of rotatable bonds is 7. The highest BCUT2D eigenvalue weighted by Gasteiger charge is 2.22. The van der Waals surface area contributed by atoms with Crippen LogP contribution in [-0.4, -0.2) is 42.0 Å². The lowest BCUT2D eigenvalue weighted by molar-refractivity contribution is 0.0941. The lowest BCUT2D eigenvalue weighted by Gasteiger charge is -2.19. The van der Waals surface area contributed by atoms with E-state index in [0.717, 1.165) is 22.3 Å². The van der Waals surface area contributed by atoms with Crippen molar-refractivity contribution in [2.75, 3.05) is 21.3 Å². The second-order valence-corrected chi connectivity index (χ2v) is 7.81. The van der Waals surface area contributed by atoms with Crippen molar-refractivity contribution in [3.63, 3.8) is 0 Å². The fourth-order valence-electron chi connectivity index (χ4n) is 3.65. The molecule has 0 aliphatic carbocycles. The average Bonchev–Trinajstić information content (AvgIpc) is 3.05. The zero-order valence-electron chi connectivity index (χ0n) is 19.4. The number of pyridine rings is 1. The minimum atomic E-state index is -0.302. The number of nitrogens with zero attached hydrogens (tertiary/aromatic N) is 3. The predicted octanol–water partition coefficient (Wildman–Crippen LogP) is 3.92. The van der Waals surface area contributed by atoms with Crippen LogP contribution in [0.15, 0.2) is 18.2 Å². The zero-order chi connectivity index (χ0) is 22.9.